The predicted molar refractivity (Wildman–Crippen MR) is 79.1 cm³/mol. The van der Waals surface area contributed by atoms with Crippen LogP contribution < -0.4 is 0 Å². The van der Waals surface area contributed by atoms with Crippen molar-refractivity contribution in [2.75, 3.05) is 6.54 Å². The molecule has 3 nitrogen and oxygen atoms in total. The Labute approximate surface area is 115 Å². The van der Waals surface area contributed by atoms with Gasteiger partial charge in [-0.1, -0.05) is 20.8 Å². The van der Waals surface area contributed by atoms with Crippen LogP contribution in [-0.2, 0) is 4.79 Å². The molecule has 104 valence electrons. The number of phenols is 1. The van der Waals surface area contributed by atoms with E-state index < -0.39 is 0 Å². The summed E-state index contributed by atoms with van der Waals surface area (Å²) in [5.74, 6) is 0.469. The number of rotatable bonds is 4. The summed E-state index contributed by atoms with van der Waals surface area (Å²) in [5, 5.41) is 9.67. The SMILES string of the molecule is Cc1cc(C=NCC(=O)CC(C)(C)C)cc(C)c1O. The quantitative estimate of drug-likeness (QED) is 0.844. The molecule has 0 unspecified atom stereocenters. The summed E-state index contributed by atoms with van der Waals surface area (Å²) in [5.41, 5.74) is 2.57. The smallest absolute Gasteiger partial charge is 0.154 e. The predicted octanol–water partition coefficient (Wildman–Crippen LogP) is 3.43. The van der Waals surface area contributed by atoms with Crippen LogP contribution in [0.5, 0.6) is 5.75 Å². The number of aromatic hydroxyl groups is 1. The number of nitrogens with zero attached hydrogens (tertiary/aromatic N) is 1. The summed E-state index contributed by atoms with van der Waals surface area (Å²) in [4.78, 5) is 15.9. The summed E-state index contributed by atoms with van der Waals surface area (Å²) in [6, 6.07) is 3.72. The third-order valence-corrected chi connectivity index (χ3v) is 2.75. The molecule has 1 N–H and O–H groups in total. The van der Waals surface area contributed by atoms with Gasteiger partial charge in [0.1, 0.15) is 5.75 Å². The molecule has 0 aliphatic rings. The molecule has 0 bridgehead atoms. The first-order valence-corrected chi connectivity index (χ1v) is 6.51. The lowest BCUT2D eigenvalue weighted by atomic mass is 9.90. The first-order chi connectivity index (χ1) is 8.69. The zero-order chi connectivity index (χ0) is 14.6. The van der Waals surface area contributed by atoms with Gasteiger partial charge in [-0.2, -0.15) is 0 Å². The van der Waals surface area contributed by atoms with E-state index in [1.165, 1.54) is 0 Å². The molecular formula is C16H23NO2. The highest BCUT2D eigenvalue weighted by molar-refractivity contribution is 5.86. The Hall–Kier alpha value is -1.64. The van der Waals surface area contributed by atoms with Gasteiger partial charge >= 0.3 is 0 Å². The van der Waals surface area contributed by atoms with Crippen molar-refractivity contribution in [3.05, 3.63) is 28.8 Å². The van der Waals surface area contributed by atoms with Gasteiger partial charge in [0.25, 0.3) is 0 Å². The molecule has 0 amide bonds. The number of hydrogen-bond acceptors (Lipinski definition) is 3. The highest BCUT2D eigenvalue weighted by Gasteiger charge is 2.14. The second-order valence-electron chi connectivity index (χ2n) is 6.25. The maximum atomic E-state index is 11.7. The zero-order valence-electron chi connectivity index (χ0n) is 12.4. The van der Waals surface area contributed by atoms with Crippen LogP contribution in [0.3, 0.4) is 0 Å². The van der Waals surface area contributed by atoms with E-state index in [4.69, 9.17) is 0 Å². The zero-order valence-corrected chi connectivity index (χ0v) is 12.4. The van der Waals surface area contributed by atoms with E-state index in [9.17, 15) is 9.90 Å². The molecule has 0 atom stereocenters. The molecule has 1 aromatic rings. The lowest BCUT2D eigenvalue weighted by molar-refractivity contribution is -0.119. The second-order valence-corrected chi connectivity index (χ2v) is 6.25. The average molecular weight is 261 g/mol. The molecule has 0 aliphatic carbocycles. The van der Waals surface area contributed by atoms with E-state index in [2.05, 4.69) is 4.99 Å². The van der Waals surface area contributed by atoms with Gasteiger partial charge in [0.2, 0.25) is 0 Å². The average Bonchev–Trinajstić information content (AvgIpc) is 2.23. The Morgan fingerprint density at radius 3 is 2.26 bits per heavy atom. The standard InChI is InChI=1S/C16H23NO2/c1-11-6-13(7-12(2)15(11)19)9-17-10-14(18)8-16(3,4)5/h6-7,9,19H,8,10H2,1-5H3. The number of phenolic OH excluding ortho intramolecular Hbond substituents is 1. The largest absolute Gasteiger partial charge is 0.507 e. The number of carbonyl (C=O) groups is 1. The third kappa shape index (κ3) is 5.25. The van der Waals surface area contributed by atoms with Gasteiger partial charge in [-0.15, -0.1) is 0 Å². The minimum atomic E-state index is 0.0122. The molecule has 0 spiro atoms. The minimum Gasteiger partial charge on any atom is -0.507 e. The fraction of sp³-hybridized carbons (Fsp3) is 0.500. The summed E-state index contributed by atoms with van der Waals surface area (Å²) in [7, 11) is 0. The van der Waals surface area contributed by atoms with Crippen molar-refractivity contribution in [2.45, 2.75) is 41.0 Å². The molecule has 0 aromatic heterocycles. The molecule has 0 aliphatic heterocycles. The van der Waals surface area contributed by atoms with Gasteiger partial charge in [-0.25, -0.2) is 0 Å². The Bertz CT molecular complexity index is 473. The summed E-state index contributed by atoms with van der Waals surface area (Å²) >= 11 is 0. The van der Waals surface area contributed by atoms with E-state index in [0.717, 1.165) is 16.7 Å². The molecule has 0 saturated carbocycles. The maximum absolute atomic E-state index is 11.7. The Morgan fingerprint density at radius 1 is 1.26 bits per heavy atom. The number of aryl methyl sites for hydroxylation is 2. The number of benzene rings is 1. The Balaban J connectivity index is 2.66. The van der Waals surface area contributed by atoms with E-state index in [-0.39, 0.29) is 17.7 Å². The Morgan fingerprint density at radius 2 is 1.79 bits per heavy atom. The van der Waals surface area contributed by atoms with E-state index in [1.807, 2.05) is 46.8 Å². The number of ketones is 1. The fourth-order valence-corrected chi connectivity index (χ4v) is 1.96. The van der Waals surface area contributed by atoms with Crippen LogP contribution in [-0.4, -0.2) is 23.6 Å². The van der Waals surface area contributed by atoms with Gasteiger partial charge in [-0.3, -0.25) is 9.79 Å². The molecule has 3 heteroatoms. The molecular weight excluding hydrogens is 238 g/mol. The molecule has 0 radical (unpaired) electrons. The number of hydrogen-bond donors (Lipinski definition) is 1. The summed E-state index contributed by atoms with van der Waals surface area (Å²) < 4.78 is 0. The first kappa shape index (κ1) is 15.4. The van der Waals surface area contributed by atoms with Gasteiger partial charge < -0.3 is 5.11 Å². The lowest BCUT2D eigenvalue weighted by Gasteiger charge is -2.15. The molecule has 0 heterocycles. The highest BCUT2D eigenvalue weighted by Crippen LogP contribution is 2.22. The van der Waals surface area contributed by atoms with Crippen molar-refractivity contribution in [3.63, 3.8) is 0 Å². The second kappa shape index (κ2) is 6.00. The highest BCUT2D eigenvalue weighted by atomic mass is 16.3. The van der Waals surface area contributed by atoms with Crippen LogP contribution in [0.2, 0.25) is 0 Å². The van der Waals surface area contributed by atoms with Gasteiger partial charge in [-0.05, 0) is 48.1 Å². The lowest BCUT2D eigenvalue weighted by Crippen LogP contribution is -2.14. The summed E-state index contributed by atoms with van der Waals surface area (Å²) in [6.45, 7) is 10.1. The van der Waals surface area contributed by atoms with Gasteiger partial charge in [0.05, 0.1) is 6.54 Å². The first-order valence-electron chi connectivity index (χ1n) is 6.51. The van der Waals surface area contributed by atoms with Crippen molar-refractivity contribution >= 4 is 12.0 Å². The number of Topliss-reactive ketones (excluding diaryl/α,β-unsaturated/α-hetero) is 1. The van der Waals surface area contributed by atoms with Crippen molar-refractivity contribution in [1.29, 1.82) is 0 Å². The fourth-order valence-electron chi connectivity index (χ4n) is 1.96. The van der Waals surface area contributed by atoms with Crippen LogP contribution in [0, 0.1) is 19.3 Å². The Kier molecular flexibility index (Phi) is 4.87. The van der Waals surface area contributed by atoms with Crippen molar-refractivity contribution in [1.82, 2.24) is 0 Å². The van der Waals surface area contributed by atoms with Crippen molar-refractivity contribution < 1.29 is 9.90 Å². The van der Waals surface area contributed by atoms with Crippen molar-refractivity contribution in [2.24, 2.45) is 10.4 Å². The van der Waals surface area contributed by atoms with E-state index in [0.29, 0.717) is 12.2 Å². The summed E-state index contributed by atoms with van der Waals surface area (Å²) in [6.07, 6.45) is 2.23. The van der Waals surface area contributed by atoms with Crippen molar-refractivity contribution in [3.8, 4) is 5.75 Å². The van der Waals surface area contributed by atoms with Gasteiger partial charge in [0.15, 0.2) is 5.78 Å². The number of carbonyl (C=O) groups excluding carboxylic acids is 1. The van der Waals surface area contributed by atoms with Crippen LogP contribution in [0.15, 0.2) is 17.1 Å². The minimum absolute atomic E-state index is 0.0122. The van der Waals surface area contributed by atoms with Crippen LogP contribution in [0.25, 0.3) is 0 Å². The van der Waals surface area contributed by atoms with Crippen LogP contribution in [0.4, 0.5) is 0 Å². The third-order valence-electron chi connectivity index (χ3n) is 2.75. The molecule has 0 saturated heterocycles. The molecule has 19 heavy (non-hydrogen) atoms. The normalized spacial score (nSPS) is 12.1. The molecule has 1 aromatic carbocycles. The van der Waals surface area contributed by atoms with Crippen LogP contribution >= 0.6 is 0 Å². The van der Waals surface area contributed by atoms with Gasteiger partial charge in [0, 0.05) is 12.6 Å². The molecule has 0 fully saturated rings. The maximum Gasteiger partial charge on any atom is 0.154 e. The molecule has 1 rings (SSSR count). The van der Waals surface area contributed by atoms with E-state index in [1.54, 1.807) is 6.21 Å². The van der Waals surface area contributed by atoms with E-state index >= 15 is 0 Å². The monoisotopic (exact) mass is 261 g/mol. The topological polar surface area (TPSA) is 49.7 Å². The number of aliphatic imine (C=N–C) groups is 1. The van der Waals surface area contributed by atoms with Crippen LogP contribution in [0.1, 0.15) is 43.9 Å².